The van der Waals surface area contributed by atoms with Gasteiger partial charge in [0.1, 0.15) is 5.69 Å². The Morgan fingerprint density at radius 2 is 2.28 bits per heavy atom. The van der Waals surface area contributed by atoms with Crippen LogP contribution in [0.3, 0.4) is 0 Å². The first-order chi connectivity index (χ1) is 8.47. The molecule has 0 aliphatic heterocycles. The van der Waals surface area contributed by atoms with E-state index in [9.17, 15) is 14.9 Å². The van der Waals surface area contributed by atoms with Gasteiger partial charge in [0.2, 0.25) is 0 Å². The Morgan fingerprint density at radius 3 is 2.83 bits per heavy atom. The number of rotatable bonds is 5. The number of carbonyl (C=O) groups excluding carboxylic acids is 1. The van der Waals surface area contributed by atoms with Crippen molar-refractivity contribution in [2.75, 3.05) is 18.5 Å². The Labute approximate surface area is 109 Å². The lowest BCUT2D eigenvalue weighted by Crippen LogP contribution is -2.30. The van der Waals surface area contributed by atoms with Gasteiger partial charge in [-0.15, -0.1) is 0 Å². The van der Waals surface area contributed by atoms with E-state index in [0.29, 0.717) is 6.54 Å². The van der Waals surface area contributed by atoms with Gasteiger partial charge in [-0.3, -0.25) is 14.9 Å². The number of amides is 1. The summed E-state index contributed by atoms with van der Waals surface area (Å²) in [4.78, 5) is 21.9. The molecule has 0 aliphatic carbocycles. The van der Waals surface area contributed by atoms with Crippen molar-refractivity contribution >= 4 is 29.0 Å². The van der Waals surface area contributed by atoms with Crippen molar-refractivity contribution in [2.45, 2.75) is 12.2 Å². The molecule has 1 aromatic carbocycles. The minimum Gasteiger partial charge on any atom is -0.393 e. The van der Waals surface area contributed by atoms with Crippen molar-refractivity contribution in [1.82, 2.24) is 5.32 Å². The van der Waals surface area contributed by atoms with Crippen molar-refractivity contribution in [3.8, 4) is 0 Å². The Kier molecular flexibility index (Phi) is 4.96. The van der Waals surface area contributed by atoms with Crippen LogP contribution in [0.1, 0.15) is 17.3 Å². The van der Waals surface area contributed by atoms with Gasteiger partial charge in [-0.1, -0.05) is 13.0 Å². The fourth-order valence-electron chi connectivity index (χ4n) is 1.33. The van der Waals surface area contributed by atoms with Crippen LogP contribution in [0.5, 0.6) is 0 Å². The maximum absolute atomic E-state index is 11.8. The van der Waals surface area contributed by atoms with Gasteiger partial charge in [0.05, 0.1) is 10.5 Å². The van der Waals surface area contributed by atoms with Crippen LogP contribution in [-0.4, -0.2) is 28.9 Å². The number of hydrogen-bond acceptors (Lipinski definition) is 5. The molecule has 0 aromatic heterocycles. The van der Waals surface area contributed by atoms with Crippen LogP contribution in [0, 0.1) is 10.1 Å². The van der Waals surface area contributed by atoms with Gasteiger partial charge in [-0.25, -0.2) is 0 Å². The summed E-state index contributed by atoms with van der Waals surface area (Å²) < 4.78 is 0. The summed E-state index contributed by atoms with van der Waals surface area (Å²) in [5.74, 6) is -0.392. The van der Waals surface area contributed by atoms with E-state index in [0.717, 1.165) is 0 Å². The molecule has 0 bridgehead atoms. The zero-order valence-corrected chi connectivity index (χ0v) is 11.0. The molecule has 0 heterocycles. The summed E-state index contributed by atoms with van der Waals surface area (Å²) >= 11 is 1.62. The highest BCUT2D eigenvalue weighted by Crippen LogP contribution is 2.24. The monoisotopic (exact) mass is 269 g/mol. The van der Waals surface area contributed by atoms with E-state index in [-0.39, 0.29) is 22.2 Å². The van der Waals surface area contributed by atoms with Gasteiger partial charge >= 0.3 is 0 Å². The molecule has 0 saturated heterocycles. The summed E-state index contributed by atoms with van der Waals surface area (Å²) in [5.41, 5.74) is 5.40. The first-order valence-corrected chi connectivity index (χ1v) is 6.60. The van der Waals surface area contributed by atoms with E-state index in [1.54, 1.807) is 11.8 Å². The summed E-state index contributed by atoms with van der Waals surface area (Å²) in [6.45, 7) is 2.46. The third kappa shape index (κ3) is 3.36. The molecule has 6 nitrogen and oxygen atoms in total. The molecule has 18 heavy (non-hydrogen) atoms. The quantitative estimate of drug-likeness (QED) is 0.481. The van der Waals surface area contributed by atoms with Crippen LogP contribution in [-0.2, 0) is 0 Å². The summed E-state index contributed by atoms with van der Waals surface area (Å²) in [6.07, 6.45) is 1.94. The normalized spacial score (nSPS) is 11.9. The lowest BCUT2D eigenvalue weighted by molar-refractivity contribution is -0.383. The number of thioether (sulfide) groups is 1. The van der Waals surface area contributed by atoms with Crippen molar-refractivity contribution in [1.29, 1.82) is 0 Å². The molecular weight excluding hydrogens is 254 g/mol. The Balaban J connectivity index is 2.86. The summed E-state index contributed by atoms with van der Waals surface area (Å²) in [7, 11) is 0. The SMILES string of the molecule is CSC(C)CNC(=O)c1cccc([N+](=O)[O-])c1N. The largest absolute Gasteiger partial charge is 0.393 e. The minimum atomic E-state index is -0.601. The summed E-state index contributed by atoms with van der Waals surface area (Å²) in [5, 5.41) is 13.7. The van der Waals surface area contributed by atoms with Gasteiger partial charge in [-0.2, -0.15) is 11.8 Å². The number of para-hydroxylation sites is 1. The van der Waals surface area contributed by atoms with E-state index >= 15 is 0 Å². The highest BCUT2D eigenvalue weighted by Gasteiger charge is 2.18. The average molecular weight is 269 g/mol. The average Bonchev–Trinajstić information content (AvgIpc) is 2.35. The zero-order chi connectivity index (χ0) is 13.7. The van der Waals surface area contributed by atoms with Crippen LogP contribution in [0.4, 0.5) is 11.4 Å². The molecule has 3 N–H and O–H groups in total. The third-order valence-electron chi connectivity index (χ3n) is 2.48. The van der Waals surface area contributed by atoms with Crippen LogP contribution >= 0.6 is 11.8 Å². The first kappa shape index (κ1) is 14.3. The fraction of sp³-hybridized carbons (Fsp3) is 0.364. The smallest absolute Gasteiger partial charge is 0.292 e. The number of anilines is 1. The predicted molar refractivity (Wildman–Crippen MR) is 72.8 cm³/mol. The molecule has 1 atom stereocenters. The minimum absolute atomic E-state index is 0.100. The highest BCUT2D eigenvalue weighted by molar-refractivity contribution is 7.99. The number of nitrogen functional groups attached to an aromatic ring is 1. The number of carbonyl (C=O) groups is 1. The van der Waals surface area contributed by atoms with Crippen molar-refractivity contribution < 1.29 is 9.72 Å². The molecular formula is C11H15N3O3S. The molecule has 1 amide bonds. The molecule has 0 fully saturated rings. The van der Waals surface area contributed by atoms with Crippen molar-refractivity contribution in [2.24, 2.45) is 0 Å². The Morgan fingerprint density at radius 1 is 1.61 bits per heavy atom. The van der Waals surface area contributed by atoms with Gasteiger partial charge in [-0.05, 0) is 12.3 Å². The summed E-state index contributed by atoms with van der Waals surface area (Å²) in [6, 6.07) is 4.19. The lowest BCUT2D eigenvalue weighted by Gasteiger charge is -2.11. The Hall–Kier alpha value is -1.76. The number of benzene rings is 1. The van der Waals surface area contributed by atoms with Gasteiger partial charge in [0, 0.05) is 17.9 Å². The molecule has 1 rings (SSSR count). The number of nitro benzene ring substituents is 1. The second-order valence-corrected chi connectivity index (χ2v) is 5.03. The standard InChI is InChI=1S/C11H15N3O3S/c1-7(18-2)6-13-11(15)8-4-3-5-9(10(8)12)14(16)17/h3-5,7H,6,12H2,1-2H3,(H,13,15). The lowest BCUT2D eigenvalue weighted by atomic mass is 10.1. The number of hydrogen-bond donors (Lipinski definition) is 2. The van der Waals surface area contributed by atoms with Crippen LogP contribution in [0.15, 0.2) is 18.2 Å². The van der Waals surface area contributed by atoms with Crippen LogP contribution in [0.25, 0.3) is 0 Å². The van der Waals surface area contributed by atoms with E-state index < -0.39 is 10.8 Å². The van der Waals surface area contributed by atoms with E-state index in [1.807, 2.05) is 13.2 Å². The molecule has 1 aromatic rings. The molecule has 7 heteroatoms. The van der Waals surface area contributed by atoms with E-state index in [1.165, 1.54) is 18.2 Å². The number of nitrogens with one attached hydrogen (secondary N) is 1. The molecule has 0 saturated carbocycles. The number of nitrogens with two attached hydrogens (primary N) is 1. The van der Waals surface area contributed by atoms with Crippen LogP contribution in [0.2, 0.25) is 0 Å². The second kappa shape index (κ2) is 6.25. The molecule has 0 spiro atoms. The maximum atomic E-state index is 11.8. The molecule has 1 unspecified atom stereocenters. The Bertz CT molecular complexity index is 465. The van der Waals surface area contributed by atoms with Gasteiger partial charge < -0.3 is 11.1 Å². The van der Waals surface area contributed by atoms with E-state index in [4.69, 9.17) is 5.73 Å². The fourth-order valence-corrected chi connectivity index (χ4v) is 1.58. The maximum Gasteiger partial charge on any atom is 0.292 e. The molecule has 0 radical (unpaired) electrons. The van der Waals surface area contributed by atoms with E-state index in [2.05, 4.69) is 5.32 Å². The van der Waals surface area contributed by atoms with Gasteiger partial charge in [0.15, 0.2) is 0 Å². The second-order valence-electron chi connectivity index (χ2n) is 3.75. The first-order valence-electron chi connectivity index (χ1n) is 5.31. The number of nitro groups is 1. The molecule has 0 aliphatic rings. The third-order valence-corrected chi connectivity index (χ3v) is 3.45. The van der Waals surface area contributed by atoms with Crippen LogP contribution < -0.4 is 11.1 Å². The zero-order valence-electron chi connectivity index (χ0n) is 10.2. The van der Waals surface area contributed by atoms with Gasteiger partial charge in [0.25, 0.3) is 11.6 Å². The van der Waals surface area contributed by atoms with Crippen molar-refractivity contribution in [3.63, 3.8) is 0 Å². The number of nitrogens with zero attached hydrogens (tertiary/aromatic N) is 1. The topological polar surface area (TPSA) is 98.3 Å². The predicted octanol–water partition coefficient (Wildman–Crippen LogP) is 1.66. The highest BCUT2D eigenvalue weighted by atomic mass is 32.2. The van der Waals surface area contributed by atoms with Crippen molar-refractivity contribution in [3.05, 3.63) is 33.9 Å². The molecule has 98 valence electrons.